The summed E-state index contributed by atoms with van der Waals surface area (Å²) >= 11 is 5.87. The van der Waals surface area contributed by atoms with Crippen molar-refractivity contribution in [1.29, 1.82) is 0 Å². The van der Waals surface area contributed by atoms with Gasteiger partial charge in [-0.1, -0.05) is 18.2 Å². The third-order valence-electron chi connectivity index (χ3n) is 6.50. The molecular weight excluding hydrogens is 456 g/mol. The minimum absolute atomic E-state index is 0.164. The zero-order valence-corrected chi connectivity index (χ0v) is 20.6. The molecule has 6 nitrogen and oxygen atoms in total. The highest BCUT2D eigenvalue weighted by atomic mass is 32.1. The lowest BCUT2D eigenvalue weighted by Crippen LogP contribution is -2.30. The summed E-state index contributed by atoms with van der Waals surface area (Å²) in [4.78, 5) is 19.0. The summed E-state index contributed by atoms with van der Waals surface area (Å²) in [6.07, 6.45) is 3.80. The van der Waals surface area contributed by atoms with Crippen LogP contribution >= 0.6 is 12.2 Å². The van der Waals surface area contributed by atoms with Gasteiger partial charge in [-0.3, -0.25) is 4.98 Å². The minimum Gasteiger partial charge on any atom is -0.465 e. The van der Waals surface area contributed by atoms with E-state index in [1.54, 1.807) is 12.3 Å². The maximum absolute atomic E-state index is 12.2. The van der Waals surface area contributed by atoms with Crippen molar-refractivity contribution >= 4 is 29.0 Å². The van der Waals surface area contributed by atoms with Crippen molar-refractivity contribution in [3.8, 4) is 5.69 Å². The molecule has 3 heterocycles. The minimum atomic E-state index is -0.368. The number of hydrogen-bond donors (Lipinski definition) is 1. The second kappa shape index (κ2) is 9.35. The SMILES string of the molecule is COC(=O)c1cccc(-n2cccc2[C@@H]2[C@@H](c3ccccn3)NC(=S)N2c2ccc(C)c(C)c2)c1. The Morgan fingerprint density at radius 2 is 1.83 bits per heavy atom. The maximum atomic E-state index is 12.2. The van der Waals surface area contributed by atoms with Gasteiger partial charge in [0.15, 0.2) is 5.11 Å². The van der Waals surface area contributed by atoms with Crippen LogP contribution in [0.5, 0.6) is 0 Å². The number of anilines is 1. The molecule has 1 aliphatic heterocycles. The van der Waals surface area contributed by atoms with Crippen LogP contribution in [-0.4, -0.2) is 27.7 Å². The van der Waals surface area contributed by atoms with Crippen LogP contribution in [0, 0.1) is 13.8 Å². The Morgan fingerprint density at radius 3 is 2.57 bits per heavy atom. The molecule has 2 aromatic heterocycles. The molecule has 35 heavy (non-hydrogen) atoms. The zero-order chi connectivity index (χ0) is 24.5. The van der Waals surface area contributed by atoms with Gasteiger partial charge < -0.3 is 19.5 Å². The summed E-state index contributed by atoms with van der Waals surface area (Å²) in [6.45, 7) is 4.21. The highest BCUT2D eigenvalue weighted by Gasteiger charge is 2.42. The van der Waals surface area contributed by atoms with Gasteiger partial charge in [0.05, 0.1) is 24.4 Å². The van der Waals surface area contributed by atoms with Gasteiger partial charge in [-0.25, -0.2) is 4.79 Å². The smallest absolute Gasteiger partial charge is 0.337 e. The lowest BCUT2D eigenvalue weighted by atomic mass is 10.00. The molecule has 5 rings (SSSR count). The number of aryl methyl sites for hydroxylation is 2. The van der Waals surface area contributed by atoms with Crippen LogP contribution < -0.4 is 10.2 Å². The number of pyridine rings is 1. The number of benzene rings is 2. The summed E-state index contributed by atoms with van der Waals surface area (Å²) in [5.41, 5.74) is 6.74. The van der Waals surface area contributed by atoms with Crippen molar-refractivity contribution in [2.24, 2.45) is 0 Å². The predicted octanol–water partition coefficient (Wildman–Crippen LogP) is 5.45. The zero-order valence-electron chi connectivity index (χ0n) is 19.8. The molecular formula is C28H26N4O2S. The fourth-order valence-corrected chi connectivity index (χ4v) is 4.93. The Morgan fingerprint density at radius 1 is 0.971 bits per heavy atom. The summed E-state index contributed by atoms with van der Waals surface area (Å²) in [7, 11) is 1.39. The highest BCUT2D eigenvalue weighted by Crippen LogP contribution is 2.42. The van der Waals surface area contributed by atoms with E-state index in [-0.39, 0.29) is 18.1 Å². The van der Waals surface area contributed by atoms with Gasteiger partial charge >= 0.3 is 5.97 Å². The van der Waals surface area contributed by atoms with Gasteiger partial charge in [-0.15, -0.1) is 0 Å². The summed E-state index contributed by atoms with van der Waals surface area (Å²) < 4.78 is 7.03. The summed E-state index contributed by atoms with van der Waals surface area (Å²) in [6, 6.07) is 23.5. The lowest BCUT2D eigenvalue weighted by molar-refractivity contribution is 0.0600. The van der Waals surface area contributed by atoms with E-state index in [1.807, 2.05) is 48.7 Å². The highest BCUT2D eigenvalue weighted by molar-refractivity contribution is 7.80. The molecule has 2 aromatic carbocycles. The fourth-order valence-electron chi connectivity index (χ4n) is 4.58. The molecule has 0 unspecified atom stereocenters. The van der Waals surface area contributed by atoms with Crippen molar-refractivity contribution in [2.75, 3.05) is 12.0 Å². The number of hydrogen-bond acceptors (Lipinski definition) is 4. The fraction of sp³-hybridized carbons (Fsp3) is 0.179. The Labute approximate surface area is 210 Å². The topological polar surface area (TPSA) is 59.4 Å². The van der Waals surface area contributed by atoms with E-state index >= 15 is 0 Å². The number of aromatic nitrogens is 2. The first-order valence-corrected chi connectivity index (χ1v) is 11.8. The number of nitrogens with zero attached hydrogens (tertiary/aromatic N) is 3. The number of rotatable bonds is 5. The van der Waals surface area contributed by atoms with Crippen LogP contribution in [0.1, 0.15) is 45.0 Å². The number of nitrogens with one attached hydrogen (secondary N) is 1. The standard InChI is InChI=1S/C28H26N4O2S/c1-18-12-13-22(16-19(18)2)32-26(25(30-28(32)35)23-10-4-5-14-29-23)24-11-7-15-31(24)21-9-6-8-20(17-21)27(33)34-3/h4-17,25-26H,1-3H3,(H,30,35)/t25-,26-/m1/s1. The molecule has 0 amide bonds. The quantitative estimate of drug-likeness (QED) is 0.301. The van der Waals surface area contributed by atoms with Crippen molar-refractivity contribution in [2.45, 2.75) is 25.9 Å². The van der Waals surface area contributed by atoms with E-state index in [2.05, 4.69) is 57.9 Å². The number of esters is 1. The maximum Gasteiger partial charge on any atom is 0.337 e. The van der Waals surface area contributed by atoms with Gasteiger partial charge in [0.1, 0.15) is 6.04 Å². The third kappa shape index (κ3) is 4.19. The van der Waals surface area contributed by atoms with E-state index in [1.165, 1.54) is 18.2 Å². The average molecular weight is 483 g/mol. The summed E-state index contributed by atoms with van der Waals surface area (Å²) in [5, 5.41) is 4.16. The second-order valence-electron chi connectivity index (χ2n) is 8.61. The second-order valence-corrected chi connectivity index (χ2v) is 9.00. The third-order valence-corrected chi connectivity index (χ3v) is 6.81. The van der Waals surface area contributed by atoms with Crippen molar-refractivity contribution < 1.29 is 9.53 Å². The van der Waals surface area contributed by atoms with E-state index in [9.17, 15) is 4.79 Å². The molecule has 176 valence electrons. The Bertz CT molecular complexity index is 1400. The first-order chi connectivity index (χ1) is 17.0. The molecule has 1 fully saturated rings. The van der Waals surface area contributed by atoms with Gasteiger partial charge in [-0.05, 0) is 91.8 Å². The van der Waals surface area contributed by atoms with Crippen molar-refractivity contribution in [1.82, 2.24) is 14.9 Å². The van der Waals surface area contributed by atoms with Gasteiger partial charge in [0.2, 0.25) is 0 Å². The molecule has 1 saturated heterocycles. The molecule has 2 atom stereocenters. The number of carbonyl (C=O) groups excluding carboxylic acids is 1. The summed E-state index contributed by atoms with van der Waals surface area (Å²) in [5.74, 6) is -0.368. The van der Waals surface area contributed by atoms with Gasteiger partial charge in [0, 0.05) is 29.5 Å². The van der Waals surface area contributed by atoms with Gasteiger partial charge in [0.25, 0.3) is 0 Å². The largest absolute Gasteiger partial charge is 0.465 e. The Kier molecular flexibility index (Phi) is 6.09. The molecule has 0 radical (unpaired) electrons. The Hall–Kier alpha value is -3.97. The van der Waals surface area contributed by atoms with Crippen LogP contribution in [0.2, 0.25) is 0 Å². The number of ether oxygens (including phenoxy) is 1. The normalized spacial score (nSPS) is 17.3. The van der Waals surface area contributed by atoms with E-state index in [0.717, 1.165) is 22.8 Å². The van der Waals surface area contributed by atoms with E-state index in [4.69, 9.17) is 17.0 Å². The van der Waals surface area contributed by atoms with E-state index < -0.39 is 0 Å². The van der Waals surface area contributed by atoms with Crippen LogP contribution in [-0.2, 0) is 4.74 Å². The molecule has 0 aliphatic carbocycles. The average Bonchev–Trinajstić information content (AvgIpc) is 3.50. The molecule has 7 heteroatoms. The van der Waals surface area contributed by atoms with Crippen LogP contribution in [0.15, 0.2) is 85.2 Å². The molecule has 4 aromatic rings. The first kappa shape index (κ1) is 22.8. The van der Waals surface area contributed by atoms with Crippen molar-refractivity contribution in [3.63, 3.8) is 0 Å². The lowest BCUT2D eigenvalue weighted by Gasteiger charge is -2.29. The number of thiocarbonyl (C=S) groups is 1. The molecule has 1 aliphatic rings. The number of methoxy groups -OCH3 is 1. The van der Waals surface area contributed by atoms with Crippen LogP contribution in [0.4, 0.5) is 5.69 Å². The Balaban J connectivity index is 1.66. The monoisotopic (exact) mass is 482 g/mol. The van der Waals surface area contributed by atoms with Crippen LogP contribution in [0.25, 0.3) is 5.69 Å². The van der Waals surface area contributed by atoms with E-state index in [0.29, 0.717) is 10.7 Å². The molecule has 0 saturated carbocycles. The van der Waals surface area contributed by atoms with Crippen molar-refractivity contribution in [3.05, 3.63) is 113 Å². The van der Waals surface area contributed by atoms with Crippen LogP contribution in [0.3, 0.4) is 0 Å². The molecule has 0 bridgehead atoms. The molecule has 0 spiro atoms. The number of carbonyl (C=O) groups is 1. The molecule has 1 N–H and O–H groups in total. The first-order valence-electron chi connectivity index (χ1n) is 11.4. The predicted molar refractivity (Wildman–Crippen MR) is 141 cm³/mol. The van der Waals surface area contributed by atoms with Gasteiger partial charge in [-0.2, -0.15) is 0 Å².